The Morgan fingerprint density at radius 2 is 1.71 bits per heavy atom. The van der Waals surface area contributed by atoms with Crippen LogP contribution in [-0.2, 0) is 6.54 Å². The predicted molar refractivity (Wildman–Crippen MR) is 67.6 cm³/mol. The maximum absolute atomic E-state index is 10.5. The van der Waals surface area contributed by atoms with Crippen LogP contribution in [-0.4, -0.2) is 19.9 Å². The molecule has 88 valence electrons. The summed E-state index contributed by atoms with van der Waals surface area (Å²) in [6.45, 7) is 0.461. The van der Waals surface area contributed by atoms with Gasteiger partial charge in [0.25, 0.3) is 5.69 Å². The van der Waals surface area contributed by atoms with Crippen molar-refractivity contribution >= 4 is 37.5 Å². The first-order valence-electron chi connectivity index (χ1n) is 4.56. The minimum atomic E-state index is -0.427. The Balaban J connectivity index is 2.16. The van der Waals surface area contributed by atoms with Crippen molar-refractivity contribution in [2.45, 2.75) is 6.54 Å². The quantitative estimate of drug-likeness (QED) is 0.622. The van der Waals surface area contributed by atoms with Crippen LogP contribution in [0.25, 0.3) is 0 Å². The molecule has 1 aromatic carbocycles. The van der Waals surface area contributed by atoms with Crippen molar-refractivity contribution in [1.82, 2.24) is 15.0 Å². The van der Waals surface area contributed by atoms with Gasteiger partial charge in [0.2, 0.25) is 0 Å². The second-order valence-corrected chi connectivity index (χ2v) is 4.74. The van der Waals surface area contributed by atoms with E-state index in [-0.39, 0.29) is 5.69 Å². The predicted octanol–water partition coefficient (Wildman–Crippen LogP) is 2.76. The van der Waals surface area contributed by atoms with Crippen molar-refractivity contribution in [3.8, 4) is 0 Å². The van der Waals surface area contributed by atoms with E-state index < -0.39 is 4.92 Å². The number of hydrogen-bond donors (Lipinski definition) is 0. The topological polar surface area (TPSA) is 73.8 Å². The van der Waals surface area contributed by atoms with Gasteiger partial charge in [0.1, 0.15) is 0 Å². The van der Waals surface area contributed by atoms with Crippen molar-refractivity contribution in [2.24, 2.45) is 0 Å². The lowest BCUT2D eigenvalue weighted by molar-refractivity contribution is -0.384. The van der Waals surface area contributed by atoms with E-state index in [0.29, 0.717) is 15.8 Å². The number of benzene rings is 1. The lowest BCUT2D eigenvalue weighted by atomic mass is 10.2. The van der Waals surface area contributed by atoms with E-state index >= 15 is 0 Å². The average Bonchev–Trinajstić information content (AvgIpc) is 2.58. The van der Waals surface area contributed by atoms with Gasteiger partial charge in [-0.15, -0.1) is 10.2 Å². The Morgan fingerprint density at radius 1 is 1.18 bits per heavy atom. The summed E-state index contributed by atoms with van der Waals surface area (Å²) in [7, 11) is 0. The lowest BCUT2D eigenvalue weighted by Crippen LogP contribution is -2.03. The molecule has 0 atom stereocenters. The zero-order chi connectivity index (χ0) is 12.4. The molecule has 0 N–H and O–H groups in total. The third kappa shape index (κ3) is 2.89. The van der Waals surface area contributed by atoms with E-state index in [9.17, 15) is 10.1 Å². The minimum absolute atomic E-state index is 0.0736. The van der Waals surface area contributed by atoms with E-state index in [4.69, 9.17) is 0 Å². The summed E-state index contributed by atoms with van der Waals surface area (Å²) in [6, 6.07) is 6.29. The summed E-state index contributed by atoms with van der Waals surface area (Å²) >= 11 is 6.46. The molecule has 0 bridgehead atoms. The molecule has 0 saturated heterocycles. The summed E-state index contributed by atoms with van der Waals surface area (Å²) in [5.41, 5.74) is 0.968. The Labute approximate surface area is 113 Å². The Bertz CT molecular complexity index is 533. The number of nitro groups is 1. The first-order chi connectivity index (χ1) is 8.06. The van der Waals surface area contributed by atoms with E-state index in [2.05, 4.69) is 42.1 Å². The highest BCUT2D eigenvalue weighted by molar-refractivity contribution is 9.13. The van der Waals surface area contributed by atoms with Crippen molar-refractivity contribution in [1.29, 1.82) is 0 Å². The molecule has 0 radical (unpaired) electrons. The summed E-state index contributed by atoms with van der Waals surface area (Å²) in [6.07, 6.45) is 0. The van der Waals surface area contributed by atoms with Crippen LogP contribution in [0.3, 0.4) is 0 Å². The Hall–Kier alpha value is -1.28. The fourth-order valence-corrected chi connectivity index (χ4v) is 1.79. The molecular weight excluding hydrogens is 356 g/mol. The van der Waals surface area contributed by atoms with E-state index in [1.165, 1.54) is 16.9 Å². The van der Waals surface area contributed by atoms with Gasteiger partial charge in [-0.05, 0) is 37.4 Å². The standard InChI is InChI=1S/C9H6Br2N4O2/c10-8-9(11)13-14(12-8)5-6-1-3-7(4-2-6)15(16)17/h1-4H,5H2. The zero-order valence-electron chi connectivity index (χ0n) is 8.38. The molecule has 8 heteroatoms. The monoisotopic (exact) mass is 360 g/mol. The molecule has 1 aromatic heterocycles. The van der Waals surface area contributed by atoms with Crippen LogP contribution in [0.5, 0.6) is 0 Å². The van der Waals surface area contributed by atoms with Crippen LogP contribution < -0.4 is 0 Å². The van der Waals surface area contributed by atoms with Gasteiger partial charge >= 0.3 is 0 Å². The van der Waals surface area contributed by atoms with Gasteiger partial charge in [0.15, 0.2) is 9.21 Å². The SMILES string of the molecule is O=[N+]([O-])c1ccc(Cn2nc(Br)c(Br)n2)cc1. The molecule has 0 fully saturated rings. The van der Waals surface area contributed by atoms with Gasteiger partial charge in [-0.3, -0.25) is 10.1 Å². The van der Waals surface area contributed by atoms with Crippen LogP contribution in [0.4, 0.5) is 5.69 Å². The van der Waals surface area contributed by atoms with E-state index in [0.717, 1.165) is 5.56 Å². The van der Waals surface area contributed by atoms with Gasteiger partial charge in [-0.25, -0.2) is 0 Å². The number of aromatic nitrogens is 3. The highest BCUT2D eigenvalue weighted by Gasteiger charge is 2.07. The summed E-state index contributed by atoms with van der Waals surface area (Å²) in [4.78, 5) is 11.5. The summed E-state index contributed by atoms with van der Waals surface area (Å²) in [5, 5.41) is 18.7. The largest absolute Gasteiger partial charge is 0.269 e. The third-order valence-electron chi connectivity index (χ3n) is 2.05. The number of rotatable bonds is 3. The molecule has 1 heterocycles. The maximum atomic E-state index is 10.5. The highest BCUT2D eigenvalue weighted by Crippen LogP contribution is 2.18. The minimum Gasteiger partial charge on any atom is -0.258 e. The van der Waals surface area contributed by atoms with Crippen LogP contribution in [0.1, 0.15) is 5.56 Å². The first-order valence-corrected chi connectivity index (χ1v) is 6.14. The zero-order valence-corrected chi connectivity index (χ0v) is 11.5. The fraction of sp³-hybridized carbons (Fsp3) is 0.111. The molecule has 6 nitrogen and oxygen atoms in total. The summed E-state index contributed by atoms with van der Waals surface area (Å²) in [5.74, 6) is 0. The molecule has 0 aliphatic rings. The van der Waals surface area contributed by atoms with Crippen LogP contribution in [0.2, 0.25) is 0 Å². The molecule has 0 spiro atoms. The maximum Gasteiger partial charge on any atom is 0.269 e. The molecule has 0 aliphatic carbocycles. The molecule has 0 amide bonds. The average molecular weight is 362 g/mol. The van der Waals surface area contributed by atoms with Crippen molar-refractivity contribution in [2.75, 3.05) is 0 Å². The molecule has 0 unspecified atom stereocenters. The van der Waals surface area contributed by atoms with Crippen LogP contribution in [0.15, 0.2) is 33.5 Å². The molecular formula is C9H6Br2N4O2. The van der Waals surface area contributed by atoms with Crippen LogP contribution >= 0.6 is 31.9 Å². The van der Waals surface area contributed by atoms with Crippen molar-refractivity contribution in [3.05, 3.63) is 49.1 Å². The number of non-ortho nitro benzene ring substituents is 1. The Morgan fingerprint density at radius 3 is 2.18 bits per heavy atom. The second kappa shape index (κ2) is 4.92. The number of hydrogen-bond acceptors (Lipinski definition) is 4. The molecule has 2 rings (SSSR count). The number of halogens is 2. The first kappa shape index (κ1) is 12.2. The van der Waals surface area contributed by atoms with Crippen molar-refractivity contribution in [3.63, 3.8) is 0 Å². The summed E-state index contributed by atoms with van der Waals surface area (Å²) < 4.78 is 1.25. The highest BCUT2D eigenvalue weighted by atomic mass is 79.9. The normalized spacial score (nSPS) is 10.5. The van der Waals surface area contributed by atoms with E-state index in [1.807, 2.05) is 0 Å². The smallest absolute Gasteiger partial charge is 0.258 e. The molecule has 0 saturated carbocycles. The van der Waals surface area contributed by atoms with Gasteiger partial charge in [-0.2, -0.15) is 4.80 Å². The number of nitro benzene ring substituents is 1. The third-order valence-corrected chi connectivity index (χ3v) is 3.65. The molecule has 17 heavy (non-hydrogen) atoms. The number of nitrogens with zero attached hydrogens (tertiary/aromatic N) is 4. The second-order valence-electron chi connectivity index (χ2n) is 3.24. The van der Waals surface area contributed by atoms with Gasteiger partial charge in [0.05, 0.1) is 11.5 Å². The molecule has 0 aliphatic heterocycles. The van der Waals surface area contributed by atoms with E-state index in [1.54, 1.807) is 12.1 Å². The van der Waals surface area contributed by atoms with Gasteiger partial charge in [-0.1, -0.05) is 12.1 Å². The van der Waals surface area contributed by atoms with Gasteiger partial charge in [0, 0.05) is 12.1 Å². The van der Waals surface area contributed by atoms with Crippen LogP contribution in [0, 0.1) is 10.1 Å². The Kier molecular flexibility index (Phi) is 3.53. The lowest BCUT2D eigenvalue weighted by Gasteiger charge is -1.99. The van der Waals surface area contributed by atoms with Gasteiger partial charge < -0.3 is 0 Å². The fourth-order valence-electron chi connectivity index (χ4n) is 1.26. The van der Waals surface area contributed by atoms with Crippen molar-refractivity contribution < 1.29 is 4.92 Å². The molecule has 2 aromatic rings.